The van der Waals surface area contributed by atoms with Gasteiger partial charge in [-0.1, -0.05) is 166 Å². The summed E-state index contributed by atoms with van der Waals surface area (Å²) in [4.78, 5) is 28.3. The first-order valence-corrected chi connectivity index (χ1v) is 30.1. The van der Waals surface area contributed by atoms with Gasteiger partial charge in [-0.05, 0) is 130 Å². The van der Waals surface area contributed by atoms with Gasteiger partial charge in [-0.25, -0.2) is 0 Å². The van der Waals surface area contributed by atoms with Crippen molar-refractivity contribution in [2.45, 2.75) is 283 Å². The molecule has 412 valence electrons. The quantitative estimate of drug-likeness (QED) is 0.0462. The first kappa shape index (κ1) is 64.8. The zero-order valence-corrected chi connectivity index (χ0v) is 47.0. The number of aliphatic hydroxyl groups is 1. The summed E-state index contributed by atoms with van der Waals surface area (Å²) in [5, 5.41) is 13.1. The van der Waals surface area contributed by atoms with Crippen LogP contribution in [0.1, 0.15) is 258 Å². The third-order valence-corrected chi connectivity index (χ3v) is 14.5. The number of ether oxygens (including phenoxy) is 3. The van der Waals surface area contributed by atoms with E-state index in [9.17, 15) is 14.7 Å². The number of rotatable bonds is 49. The lowest BCUT2D eigenvalue weighted by Crippen LogP contribution is -2.34. The van der Waals surface area contributed by atoms with Gasteiger partial charge in [-0.3, -0.25) is 9.59 Å². The summed E-state index contributed by atoms with van der Waals surface area (Å²) >= 11 is 0. The molecule has 0 aromatic carbocycles. The number of nitrogens with one attached hydrogen (secondary N) is 1. The molecule has 9 nitrogen and oxygen atoms in total. The van der Waals surface area contributed by atoms with E-state index in [1.54, 1.807) is 4.90 Å². The first-order valence-electron chi connectivity index (χ1n) is 30.1. The van der Waals surface area contributed by atoms with Gasteiger partial charge < -0.3 is 34.4 Å². The number of likely N-dealkylation sites (tertiary alicyclic amines) is 1. The molecule has 0 aromatic rings. The van der Waals surface area contributed by atoms with Crippen molar-refractivity contribution in [3.8, 4) is 0 Å². The number of carbonyl (C=O) groups excluding carboxylic acids is 2. The molecule has 9 heteroatoms. The largest absolute Gasteiger partial charge is 0.381 e. The number of carbonyl (C=O) groups is 2. The number of nitrogens with zero attached hydrogens (tertiary/aromatic N) is 2. The summed E-state index contributed by atoms with van der Waals surface area (Å²) in [5.74, 6) is -0.415. The molecule has 0 aliphatic carbocycles. The van der Waals surface area contributed by atoms with Crippen LogP contribution >= 0.6 is 0 Å². The number of allylic oxidation sites excluding steroid dienone is 8. The molecule has 4 unspecified atom stereocenters. The monoisotopic (exact) mass is 996 g/mol. The summed E-state index contributed by atoms with van der Waals surface area (Å²) in [7, 11) is 4.31. The fourth-order valence-electron chi connectivity index (χ4n) is 10.0. The Morgan fingerprint density at radius 1 is 0.634 bits per heavy atom. The molecule has 0 spiro atoms. The minimum Gasteiger partial charge on any atom is -0.381 e. The highest BCUT2D eigenvalue weighted by atomic mass is 16.8. The topological polar surface area (TPSA) is 101 Å². The number of aliphatic hydroxyl groups excluding tert-OH is 1. The lowest BCUT2D eigenvalue weighted by atomic mass is 9.98. The zero-order valence-electron chi connectivity index (χ0n) is 47.0. The molecule has 2 amide bonds. The predicted octanol–water partition coefficient (Wildman–Crippen LogP) is 15.7. The highest BCUT2D eigenvalue weighted by Crippen LogP contribution is 2.40. The molecular weight excluding hydrogens is 883 g/mol. The average Bonchev–Trinajstić information content (AvgIpc) is 3.83. The molecule has 2 heterocycles. The maximum absolute atomic E-state index is 12.3. The van der Waals surface area contributed by atoms with Crippen molar-refractivity contribution in [3.05, 3.63) is 48.6 Å². The normalized spacial score (nSPS) is 20.8. The molecule has 2 N–H and O–H groups in total. The zero-order chi connectivity index (χ0) is 51.3. The van der Waals surface area contributed by atoms with Crippen molar-refractivity contribution in [3.63, 3.8) is 0 Å². The van der Waals surface area contributed by atoms with Crippen molar-refractivity contribution >= 4 is 11.8 Å². The maximum Gasteiger partial charge on any atom is 0.227 e. The SMILES string of the molecule is CCCCCC=CCC=CCCCCCCCCC1(CCCCCCCCC=CCC=CCCCCC)OC(CCOCCCCCCNC(=O)CCCCCN2C(=O)C(C)CC2O)C(CCN(C)C)O1. The molecule has 2 rings (SSSR count). The molecule has 0 bridgehead atoms. The Balaban J connectivity index is 1.72. The van der Waals surface area contributed by atoms with E-state index in [4.69, 9.17) is 14.2 Å². The molecule has 0 radical (unpaired) electrons. The molecular formula is C62H113N3O6. The van der Waals surface area contributed by atoms with Crippen LogP contribution < -0.4 is 5.32 Å². The third-order valence-electron chi connectivity index (χ3n) is 14.5. The van der Waals surface area contributed by atoms with E-state index < -0.39 is 12.0 Å². The van der Waals surface area contributed by atoms with Crippen LogP contribution in [0, 0.1) is 5.92 Å². The van der Waals surface area contributed by atoms with Gasteiger partial charge >= 0.3 is 0 Å². The van der Waals surface area contributed by atoms with Gasteiger partial charge in [0.25, 0.3) is 0 Å². The fourth-order valence-corrected chi connectivity index (χ4v) is 10.0. The minimum atomic E-state index is -0.650. The van der Waals surface area contributed by atoms with Crippen molar-refractivity contribution in [2.75, 3.05) is 46.9 Å². The van der Waals surface area contributed by atoms with Gasteiger partial charge in [0, 0.05) is 64.4 Å². The second-order valence-corrected chi connectivity index (χ2v) is 21.6. The standard InChI is InChI=1S/C62H113N3O6/c1-6-8-10-12-14-16-18-20-22-24-26-28-30-32-34-40-48-62(49-41-35-33-31-29-27-25-23-21-19-17-15-13-11-9-7-2)70-57(46-52-64(4)5)58(71-62)47-54-69-53-44-37-36-42-50-63-59(66)45-39-38-43-51-65-60(67)55-56(3)61(65)68/h14-17,20-23,56-58,60,67H,6-13,18-19,24-55H2,1-5H3,(H,63,66). The molecule has 71 heavy (non-hydrogen) atoms. The Kier molecular flexibility index (Phi) is 41.2. The Labute approximate surface area is 438 Å². The first-order chi connectivity index (χ1) is 34.7. The number of unbranched alkanes of at least 4 members (excludes halogenated alkanes) is 23. The van der Waals surface area contributed by atoms with E-state index in [-0.39, 0.29) is 29.9 Å². The van der Waals surface area contributed by atoms with Crippen LogP contribution in [0.4, 0.5) is 0 Å². The van der Waals surface area contributed by atoms with Crippen LogP contribution in [0.25, 0.3) is 0 Å². The van der Waals surface area contributed by atoms with Crippen molar-refractivity contribution in [2.24, 2.45) is 5.92 Å². The van der Waals surface area contributed by atoms with Gasteiger partial charge in [0.1, 0.15) is 6.23 Å². The lowest BCUT2D eigenvalue weighted by Gasteiger charge is -2.29. The number of hydrogen-bond donors (Lipinski definition) is 2. The molecule has 2 aliphatic rings. The van der Waals surface area contributed by atoms with Crippen LogP contribution in [0.3, 0.4) is 0 Å². The molecule has 2 saturated heterocycles. The van der Waals surface area contributed by atoms with Crippen LogP contribution in [0.5, 0.6) is 0 Å². The van der Waals surface area contributed by atoms with E-state index in [0.29, 0.717) is 32.5 Å². The smallest absolute Gasteiger partial charge is 0.227 e. The van der Waals surface area contributed by atoms with Gasteiger partial charge in [-0.2, -0.15) is 0 Å². The summed E-state index contributed by atoms with van der Waals surface area (Å²) in [6, 6.07) is 0. The Morgan fingerprint density at radius 3 is 1.63 bits per heavy atom. The van der Waals surface area contributed by atoms with Crippen molar-refractivity contribution in [1.82, 2.24) is 15.1 Å². The van der Waals surface area contributed by atoms with Crippen LogP contribution in [0.2, 0.25) is 0 Å². The average molecular weight is 997 g/mol. The Morgan fingerprint density at radius 2 is 1.11 bits per heavy atom. The highest BCUT2D eigenvalue weighted by molar-refractivity contribution is 5.80. The third kappa shape index (κ3) is 34.8. The number of hydrogen-bond acceptors (Lipinski definition) is 7. The minimum absolute atomic E-state index is 0.0446. The molecule has 0 saturated carbocycles. The molecule has 4 atom stereocenters. The van der Waals surface area contributed by atoms with Gasteiger partial charge in [0.05, 0.1) is 12.2 Å². The van der Waals surface area contributed by atoms with Gasteiger partial charge in [0.2, 0.25) is 11.8 Å². The number of amides is 2. The second kappa shape index (κ2) is 45.1. The molecule has 2 aliphatic heterocycles. The van der Waals surface area contributed by atoms with Crippen LogP contribution in [-0.2, 0) is 23.8 Å². The summed E-state index contributed by atoms with van der Waals surface area (Å²) < 4.78 is 20.4. The van der Waals surface area contributed by atoms with Crippen LogP contribution in [0.15, 0.2) is 48.6 Å². The van der Waals surface area contributed by atoms with E-state index in [0.717, 1.165) is 109 Å². The highest BCUT2D eigenvalue weighted by Gasteiger charge is 2.46. The summed E-state index contributed by atoms with van der Waals surface area (Å²) in [6.45, 7) is 10.1. The van der Waals surface area contributed by atoms with E-state index in [2.05, 4.69) is 86.8 Å². The lowest BCUT2D eigenvalue weighted by molar-refractivity contribution is -0.188. The van der Waals surface area contributed by atoms with Gasteiger partial charge in [0.15, 0.2) is 5.79 Å². The van der Waals surface area contributed by atoms with Crippen LogP contribution in [-0.4, -0.2) is 97.9 Å². The van der Waals surface area contributed by atoms with E-state index >= 15 is 0 Å². The maximum atomic E-state index is 12.3. The summed E-state index contributed by atoms with van der Waals surface area (Å²) in [6.07, 6.45) is 60.0. The second-order valence-electron chi connectivity index (χ2n) is 21.6. The van der Waals surface area contributed by atoms with E-state index in [1.165, 1.54) is 128 Å². The molecule has 2 fully saturated rings. The Hall–Kier alpha value is -2.30. The predicted molar refractivity (Wildman–Crippen MR) is 300 cm³/mol. The fraction of sp³-hybridized carbons (Fsp3) is 0.839. The summed E-state index contributed by atoms with van der Waals surface area (Å²) in [5.41, 5.74) is 0. The molecule has 0 aromatic heterocycles. The van der Waals surface area contributed by atoms with E-state index in [1.807, 2.05) is 6.92 Å². The van der Waals surface area contributed by atoms with Gasteiger partial charge in [-0.15, -0.1) is 0 Å². The van der Waals surface area contributed by atoms with Crippen molar-refractivity contribution in [1.29, 1.82) is 0 Å². The van der Waals surface area contributed by atoms with Crippen molar-refractivity contribution < 1.29 is 28.9 Å². The Bertz CT molecular complexity index is 1330.